The third-order valence-electron chi connectivity index (χ3n) is 1.68. The molecule has 1 rings (SSSR count). The van der Waals surface area contributed by atoms with Crippen LogP contribution in [-0.4, -0.2) is 11.3 Å². The highest BCUT2D eigenvalue weighted by atomic mass is 79.9. The Morgan fingerprint density at radius 1 is 1.64 bits per heavy atom. The Morgan fingerprint density at radius 3 is 2.71 bits per heavy atom. The number of pyridine rings is 1. The first-order valence-corrected chi connectivity index (χ1v) is 4.52. The predicted molar refractivity (Wildman–Crippen MR) is 50.2 cm³/mol. The number of carbonyl (C=O) groups excluding carboxylic acids is 1. The fourth-order valence-corrected chi connectivity index (χ4v) is 1.53. The summed E-state index contributed by atoms with van der Waals surface area (Å²) in [5, 5.41) is 0. The number of hydrogen-bond acceptors (Lipinski definition) is 3. The van der Waals surface area contributed by atoms with Crippen LogP contribution in [0.25, 0.3) is 0 Å². The van der Waals surface area contributed by atoms with Gasteiger partial charge in [-0.3, -0.25) is 4.79 Å². The molecule has 0 saturated heterocycles. The molecule has 76 valence electrons. The van der Waals surface area contributed by atoms with Gasteiger partial charge in [-0.2, -0.15) is 0 Å². The van der Waals surface area contributed by atoms with E-state index in [1.807, 2.05) is 0 Å². The van der Waals surface area contributed by atoms with Crippen LogP contribution in [0.15, 0.2) is 10.7 Å². The molecule has 1 heterocycles. The quantitative estimate of drug-likeness (QED) is 0.672. The van der Waals surface area contributed by atoms with E-state index in [4.69, 9.17) is 5.73 Å². The lowest BCUT2D eigenvalue weighted by atomic mass is 10.1. The van der Waals surface area contributed by atoms with Gasteiger partial charge in [0, 0.05) is 17.7 Å². The van der Waals surface area contributed by atoms with Gasteiger partial charge < -0.3 is 5.73 Å². The lowest BCUT2D eigenvalue weighted by Crippen LogP contribution is -2.08. The van der Waals surface area contributed by atoms with Crippen molar-refractivity contribution in [2.24, 2.45) is 5.73 Å². The maximum atomic E-state index is 12.5. The summed E-state index contributed by atoms with van der Waals surface area (Å²) >= 11 is 2.97. The topological polar surface area (TPSA) is 56.0 Å². The minimum atomic E-state index is -2.71. The number of carbonyl (C=O) groups is 1. The Labute approximate surface area is 87.4 Å². The standard InChI is InChI=1S/C8H7BrF2N2O/c9-7-1-4(8(10)11)5(3-14)6(2-12)13-7/h1,3,8H,2,12H2. The zero-order valence-corrected chi connectivity index (χ0v) is 8.59. The van der Waals surface area contributed by atoms with Gasteiger partial charge in [0.2, 0.25) is 0 Å². The molecule has 0 aromatic carbocycles. The number of halogens is 3. The maximum absolute atomic E-state index is 12.5. The van der Waals surface area contributed by atoms with Crippen LogP contribution in [0.5, 0.6) is 0 Å². The molecule has 0 atom stereocenters. The van der Waals surface area contributed by atoms with Crippen molar-refractivity contribution in [3.63, 3.8) is 0 Å². The molecule has 0 amide bonds. The molecule has 0 bridgehead atoms. The molecule has 0 saturated carbocycles. The van der Waals surface area contributed by atoms with Crippen LogP contribution in [0.2, 0.25) is 0 Å². The zero-order chi connectivity index (χ0) is 10.7. The van der Waals surface area contributed by atoms with Crippen molar-refractivity contribution in [2.45, 2.75) is 13.0 Å². The van der Waals surface area contributed by atoms with Crippen molar-refractivity contribution in [1.29, 1.82) is 0 Å². The summed E-state index contributed by atoms with van der Waals surface area (Å²) in [4.78, 5) is 14.4. The molecule has 2 N–H and O–H groups in total. The van der Waals surface area contributed by atoms with Gasteiger partial charge in [-0.05, 0) is 22.0 Å². The molecule has 0 spiro atoms. The second-order valence-electron chi connectivity index (χ2n) is 2.52. The molecule has 0 aliphatic carbocycles. The normalized spacial score (nSPS) is 10.6. The van der Waals surface area contributed by atoms with Gasteiger partial charge >= 0.3 is 0 Å². The molecule has 14 heavy (non-hydrogen) atoms. The molecular weight excluding hydrogens is 258 g/mol. The van der Waals surface area contributed by atoms with E-state index in [1.165, 1.54) is 0 Å². The van der Waals surface area contributed by atoms with Gasteiger partial charge in [0.25, 0.3) is 6.43 Å². The molecule has 1 aromatic heterocycles. The fourth-order valence-electron chi connectivity index (χ4n) is 1.07. The van der Waals surface area contributed by atoms with E-state index in [0.29, 0.717) is 6.29 Å². The van der Waals surface area contributed by atoms with E-state index >= 15 is 0 Å². The van der Waals surface area contributed by atoms with Gasteiger partial charge in [-0.15, -0.1) is 0 Å². The van der Waals surface area contributed by atoms with Crippen molar-refractivity contribution in [3.05, 3.63) is 27.5 Å². The molecule has 0 unspecified atom stereocenters. The molecule has 0 aliphatic heterocycles. The molecule has 0 aliphatic rings. The van der Waals surface area contributed by atoms with Gasteiger partial charge in [0.1, 0.15) is 4.60 Å². The van der Waals surface area contributed by atoms with E-state index < -0.39 is 6.43 Å². The third-order valence-corrected chi connectivity index (χ3v) is 2.09. The number of nitrogens with two attached hydrogens (primary N) is 1. The summed E-state index contributed by atoms with van der Waals surface area (Å²) in [7, 11) is 0. The van der Waals surface area contributed by atoms with Gasteiger partial charge in [0.05, 0.1) is 5.69 Å². The summed E-state index contributed by atoms with van der Waals surface area (Å²) in [5.74, 6) is 0. The highest BCUT2D eigenvalue weighted by Crippen LogP contribution is 2.26. The summed E-state index contributed by atoms with van der Waals surface area (Å²) in [6.45, 7) is -0.0484. The Kier molecular flexibility index (Phi) is 3.65. The van der Waals surface area contributed by atoms with E-state index in [1.54, 1.807) is 0 Å². The Balaban J connectivity index is 3.39. The number of aromatic nitrogens is 1. The fraction of sp³-hybridized carbons (Fsp3) is 0.250. The van der Waals surface area contributed by atoms with Crippen molar-refractivity contribution >= 4 is 22.2 Å². The summed E-state index contributed by atoms with van der Waals surface area (Å²) in [6.07, 6.45) is -2.36. The monoisotopic (exact) mass is 264 g/mol. The average Bonchev–Trinajstić information content (AvgIpc) is 2.16. The third kappa shape index (κ3) is 2.13. The van der Waals surface area contributed by atoms with Gasteiger partial charge in [-0.1, -0.05) is 0 Å². The van der Waals surface area contributed by atoms with Crippen LogP contribution in [0.3, 0.4) is 0 Å². The van der Waals surface area contributed by atoms with Crippen molar-refractivity contribution in [3.8, 4) is 0 Å². The van der Waals surface area contributed by atoms with Crippen LogP contribution >= 0.6 is 15.9 Å². The first-order chi connectivity index (χ1) is 6.60. The summed E-state index contributed by atoms with van der Waals surface area (Å²) in [5.41, 5.74) is 4.98. The molecule has 0 radical (unpaired) electrons. The molecule has 1 aromatic rings. The van der Waals surface area contributed by atoms with E-state index in [2.05, 4.69) is 20.9 Å². The first-order valence-electron chi connectivity index (χ1n) is 3.72. The average molecular weight is 265 g/mol. The van der Waals surface area contributed by atoms with Crippen LogP contribution < -0.4 is 5.73 Å². The molecule has 3 nitrogen and oxygen atoms in total. The first kappa shape index (κ1) is 11.2. The van der Waals surface area contributed by atoms with Crippen LogP contribution in [0, 0.1) is 0 Å². The highest BCUT2D eigenvalue weighted by Gasteiger charge is 2.17. The second-order valence-corrected chi connectivity index (χ2v) is 3.33. The molecule has 6 heteroatoms. The van der Waals surface area contributed by atoms with E-state index in [-0.39, 0.29) is 28.0 Å². The van der Waals surface area contributed by atoms with E-state index in [0.717, 1.165) is 6.07 Å². The number of alkyl halides is 2. The van der Waals surface area contributed by atoms with E-state index in [9.17, 15) is 13.6 Å². The van der Waals surface area contributed by atoms with Crippen molar-refractivity contribution in [2.75, 3.05) is 0 Å². The number of hydrogen-bond donors (Lipinski definition) is 1. The maximum Gasteiger partial charge on any atom is 0.264 e. The Bertz CT molecular complexity index is 357. The lowest BCUT2D eigenvalue weighted by Gasteiger charge is -2.08. The largest absolute Gasteiger partial charge is 0.325 e. The van der Waals surface area contributed by atoms with Gasteiger partial charge in [0.15, 0.2) is 6.29 Å². The Morgan fingerprint density at radius 2 is 2.29 bits per heavy atom. The minimum absolute atomic E-state index is 0.0484. The Hall–Kier alpha value is -0.880. The van der Waals surface area contributed by atoms with Crippen LogP contribution in [-0.2, 0) is 6.54 Å². The van der Waals surface area contributed by atoms with Crippen LogP contribution in [0.4, 0.5) is 8.78 Å². The predicted octanol–water partition coefficient (Wildman–Crippen LogP) is 2.05. The van der Waals surface area contributed by atoms with Crippen LogP contribution in [0.1, 0.15) is 28.0 Å². The van der Waals surface area contributed by atoms with Gasteiger partial charge in [-0.25, -0.2) is 13.8 Å². The second kappa shape index (κ2) is 4.56. The smallest absolute Gasteiger partial charge is 0.264 e. The van der Waals surface area contributed by atoms with Crippen molar-refractivity contribution in [1.82, 2.24) is 4.98 Å². The summed E-state index contributed by atoms with van der Waals surface area (Å²) < 4.78 is 25.2. The lowest BCUT2D eigenvalue weighted by molar-refractivity contribution is 0.110. The SMILES string of the molecule is NCc1nc(Br)cc(C(F)F)c1C=O. The zero-order valence-electron chi connectivity index (χ0n) is 7.01. The number of nitrogens with zero attached hydrogens (tertiary/aromatic N) is 1. The number of aldehydes is 1. The molecular formula is C8H7BrF2N2O. The minimum Gasteiger partial charge on any atom is -0.325 e. The number of rotatable bonds is 3. The molecule has 0 fully saturated rings. The highest BCUT2D eigenvalue weighted by molar-refractivity contribution is 9.10. The summed E-state index contributed by atoms with van der Waals surface area (Å²) in [6, 6.07) is 1.12. The van der Waals surface area contributed by atoms with Crippen molar-refractivity contribution < 1.29 is 13.6 Å².